The van der Waals surface area contributed by atoms with Crippen LogP contribution in [0, 0.1) is 6.92 Å². The lowest BCUT2D eigenvalue weighted by molar-refractivity contribution is 0.166. The summed E-state index contributed by atoms with van der Waals surface area (Å²) in [6, 6.07) is 2.42. The predicted octanol–water partition coefficient (Wildman–Crippen LogP) is 0.998. The molecule has 0 amide bonds. The maximum absolute atomic E-state index is 11.6. The summed E-state index contributed by atoms with van der Waals surface area (Å²) < 4.78 is 24.8. The van der Waals surface area contributed by atoms with Crippen LogP contribution in [-0.2, 0) is 10.0 Å². The lowest BCUT2D eigenvalue weighted by Crippen LogP contribution is -2.45. The molecule has 0 spiro atoms. The molecule has 1 unspecified atom stereocenters. The molecule has 3 rings (SSSR count). The molecule has 1 atom stereocenters. The Labute approximate surface area is 132 Å². The second kappa shape index (κ2) is 6.22. The molecule has 2 aliphatic rings. The van der Waals surface area contributed by atoms with Crippen LogP contribution >= 0.6 is 0 Å². The van der Waals surface area contributed by atoms with Crippen molar-refractivity contribution in [3.63, 3.8) is 0 Å². The molecule has 1 aromatic rings. The third kappa shape index (κ3) is 3.47. The number of hydrogen-bond acceptors (Lipinski definition) is 5. The summed E-state index contributed by atoms with van der Waals surface area (Å²) in [5.41, 5.74) is 1.02. The Morgan fingerprint density at radius 2 is 1.91 bits per heavy atom. The zero-order valence-electron chi connectivity index (χ0n) is 13.3. The van der Waals surface area contributed by atoms with Gasteiger partial charge in [-0.2, -0.15) is 0 Å². The van der Waals surface area contributed by atoms with Crippen molar-refractivity contribution < 1.29 is 8.42 Å². The van der Waals surface area contributed by atoms with Crippen molar-refractivity contribution in [2.24, 2.45) is 0 Å². The number of hydrogen-bond donors (Lipinski definition) is 0. The lowest BCUT2D eigenvalue weighted by Gasteiger charge is -2.35. The van der Waals surface area contributed by atoms with Crippen LogP contribution in [0.5, 0.6) is 0 Å². The molecule has 2 saturated heterocycles. The fourth-order valence-corrected chi connectivity index (χ4v) is 4.41. The Bertz CT molecular complexity index is 626. The van der Waals surface area contributed by atoms with E-state index in [0.29, 0.717) is 25.0 Å². The highest BCUT2D eigenvalue weighted by molar-refractivity contribution is 7.88. The highest BCUT2D eigenvalue weighted by Crippen LogP contribution is 2.29. The molecule has 22 heavy (non-hydrogen) atoms. The molecule has 0 N–H and O–H groups in total. The normalized spacial score (nSPS) is 25.6. The Morgan fingerprint density at radius 1 is 1.18 bits per heavy atom. The zero-order valence-corrected chi connectivity index (χ0v) is 14.1. The topological polar surface area (TPSA) is 66.4 Å². The van der Waals surface area contributed by atoms with Crippen LogP contribution in [0.1, 0.15) is 36.7 Å². The first-order chi connectivity index (χ1) is 10.4. The van der Waals surface area contributed by atoms with Crippen molar-refractivity contribution in [2.45, 2.75) is 38.1 Å². The van der Waals surface area contributed by atoms with Crippen molar-refractivity contribution in [2.75, 3.05) is 32.4 Å². The monoisotopic (exact) mass is 324 g/mol. The van der Waals surface area contributed by atoms with E-state index in [9.17, 15) is 8.42 Å². The summed E-state index contributed by atoms with van der Waals surface area (Å²) >= 11 is 0. The van der Waals surface area contributed by atoms with Crippen molar-refractivity contribution >= 4 is 10.0 Å². The van der Waals surface area contributed by atoms with Crippen LogP contribution in [0.4, 0.5) is 0 Å². The minimum atomic E-state index is -3.04. The molecule has 6 nitrogen and oxygen atoms in total. The van der Waals surface area contributed by atoms with Gasteiger partial charge < -0.3 is 0 Å². The predicted molar refractivity (Wildman–Crippen MR) is 85.1 cm³/mol. The maximum Gasteiger partial charge on any atom is 0.211 e. The summed E-state index contributed by atoms with van der Waals surface area (Å²) in [5.74, 6) is 1.36. The average Bonchev–Trinajstić information content (AvgIpc) is 2.96. The number of piperidine rings is 1. The first-order valence-corrected chi connectivity index (χ1v) is 9.77. The van der Waals surface area contributed by atoms with Crippen LogP contribution in [0.3, 0.4) is 0 Å². The Morgan fingerprint density at radius 3 is 2.55 bits per heavy atom. The van der Waals surface area contributed by atoms with Gasteiger partial charge in [-0.1, -0.05) is 0 Å². The second-order valence-electron chi connectivity index (χ2n) is 6.43. The van der Waals surface area contributed by atoms with E-state index in [1.165, 1.54) is 6.26 Å². The van der Waals surface area contributed by atoms with Gasteiger partial charge in [-0.3, -0.25) is 4.90 Å². The van der Waals surface area contributed by atoms with E-state index in [4.69, 9.17) is 0 Å². The van der Waals surface area contributed by atoms with Gasteiger partial charge >= 0.3 is 0 Å². The molecule has 0 radical (unpaired) electrons. The van der Waals surface area contributed by atoms with Crippen molar-refractivity contribution in [3.05, 3.63) is 23.8 Å². The van der Waals surface area contributed by atoms with Crippen molar-refractivity contribution in [1.82, 2.24) is 19.2 Å². The van der Waals surface area contributed by atoms with E-state index < -0.39 is 10.0 Å². The SMILES string of the molecule is Cc1ccnc(C2CCN(C3CCN(S(C)(=O)=O)CC3)C2)n1. The van der Waals surface area contributed by atoms with Gasteiger partial charge in [0.15, 0.2) is 0 Å². The molecular formula is C15H24N4O2S. The molecule has 7 heteroatoms. The van der Waals surface area contributed by atoms with Gasteiger partial charge in [0.25, 0.3) is 0 Å². The minimum Gasteiger partial charge on any atom is -0.300 e. The third-order valence-electron chi connectivity index (χ3n) is 4.81. The van der Waals surface area contributed by atoms with E-state index >= 15 is 0 Å². The number of sulfonamides is 1. The Kier molecular flexibility index (Phi) is 4.47. The third-order valence-corrected chi connectivity index (χ3v) is 6.11. The maximum atomic E-state index is 11.6. The molecule has 0 saturated carbocycles. The molecule has 0 aliphatic carbocycles. The summed E-state index contributed by atoms with van der Waals surface area (Å²) in [6.07, 6.45) is 6.08. The minimum absolute atomic E-state index is 0.410. The van der Waals surface area contributed by atoms with Gasteiger partial charge in [-0.05, 0) is 38.8 Å². The van der Waals surface area contributed by atoms with Crippen LogP contribution < -0.4 is 0 Å². The van der Waals surface area contributed by atoms with Gasteiger partial charge in [0.05, 0.1) is 6.26 Å². The Hall–Kier alpha value is -1.05. The zero-order chi connectivity index (χ0) is 15.7. The Balaban J connectivity index is 1.58. The first kappa shape index (κ1) is 15.8. The fraction of sp³-hybridized carbons (Fsp3) is 0.733. The fourth-order valence-electron chi connectivity index (χ4n) is 3.53. The number of aromatic nitrogens is 2. The van der Waals surface area contributed by atoms with Crippen LogP contribution in [0.15, 0.2) is 12.3 Å². The summed E-state index contributed by atoms with van der Waals surface area (Å²) in [7, 11) is -3.04. The molecule has 3 heterocycles. The van der Waals surface area contributed by atoms with Gasteiger partial charge in [0, 0.05) is 43.5 Å². The van der Waals surface area contributed by atoms with Crippen LogP contribution in [-0.4, -0.2) is 66.1 Å². The van der Waals surface area contributed by atoms with E-state index in [1.807, 2.05) is 19.2 Å². The largest absolute Gasteiger partial charge is 0.300 e. The summed E-state index contributed by atoms with van der Waals surface area (Å²) in [4.78, 5) is 11.5. The molecule has 122 valence electrons. The molecule has 0 bridgehead atoms. The summed E-state index contributed by atoms with van der Waals surface area (Å²) in [6.45, 7) is 5.34. The highest BCUT2D eigenvalue weighted by Gasteiger charge is 2.33. The van der Waals surface area contributed by atoms with Gasteiger partial charge in [0.1, 0.15) is 5.82 Å². The molecule has 2 fully saturated rings. The van der Waals surface area contributed by atoms with Crippen molar-refractivity contribution in [1.29, 1.82) is 0 Å². The molecule has 1 aromatic heterocycles. The second-order valence-corrected chi connectivity index (χ2v) is 8.41. The smallest absolute Gasteiger partial charge is 0.211 e. The molecule has 2 aliphatic heterocycles. The van der Waals surface area contributed by atoms with Gasteiger partial charge in [0.2, 0.25) is 10.0 Å². The van der Waals surface area contributed by atoms with Crippen LogP contribution in [0.25, 0.3) is 0 Å². The summed E-state index contributed by atoms with van der Waals surface area (Å²) in [5, 5.41) is 0. The van der Waals surface area contributed by atoms with E-state index in [1.54, 1.807) is 4.31 Å². The molecule has 0 aromatic carbocycles. The highest BCUT2D eigenvalue weighted by atomic mass is 32.2. The van der Waals surface area contributed by atoms with E-state index in [0.717, 1.165) is 43.9 Å². The van der Waals surface area contributed by atoms with Crippen LogP contribution in [0.2, 0.25) is 0 Å². The standard InChI is InChI=1S/C15H24N4O2S/c1-12-3-7-16-15(17-12)13-4-8-18(11-13)14-5-9-19(10-6-14)22(2,20)21/h3,7,13-14H,4-6,8-11H2,1-2H3. The lowest BCUT2D eigenvalue weighted by atomic mass is 10.0. The number of aryl methyl sites for hydroxylation is 1. The first-order valence-electron chi connectivity index (χ1n) is 7.92. The number of likely N-dealkylation sites (tertiary alicyclic amines) is 1. The average molecular weight is 324 g/mol. The molecular weight excluding hydrogens is 300 g/mol. The van der Waals surface area contributed by atoms with Gasteiger partial charge in [-0.15, -0.1) is 0 Å². The van der Waals surface area contributed by atoms with E-state index in [2.05, 4.69) is 14.9 Å². The van der Waals surface area contributed by atoms with Crippen molar-refractivity contribution in [3.8, 4) is 0 Å². The van der Waals surface area contributed by atoms with Gasteiger partial charge in [-0.25, -0.2) is 22.7 Å². The number of rotatable bonds is 3. The quantitative estimate of drug-likeness (QED) is 0.830. The number of nitrogens with zero attached hydrogens (tertiary/aromatic N) is 4. The van der Waals surface area contributed by atoms with E-state index in [-0.39, 0.29) is 0 Å².